The number of carbonyl (C=O) groups excluding carboxylic acids is 2. The number of thioether (sulfide) groups is 1. The summed E-state index contributed by atoms with van der Waals surface area (Å²) in [5.74, 6) is 1.21. The van der Waals surface area contributed by atoms with E-state index in [9.17, 15) is 9.59 Å². The summed E-state index contributed by atoms with van der Waals surface area (Å²) in [6, 6.07) is 15.9. The maximum absolute atomic E-state index is 12.7. The lowest BCUT2D eigenvalue weighted by atomic mass is 10.2. The number of pyridine rings is 1. The molecule has 0 bridgehead atoms. The predicted molar refractivity (Wildman–Crippen MR) is 123 cm³/mol. The molecule has 1 amide bonds. The maximum Gasteiger partial charge on any atom is 0.341 e. The molecule has 0 spiro atoms. The molecule has 170 valence electrons. The molecular weight excluding hydrogens is 444 g/mol. The van der Waals surface area contributed by atoms with Crippen molar-refractivity contribution in [3.63, 3.8) is 0 Å². The van der Waals surface area contributed by atoms with Crippen LogP contribution in [0.1, 0.15) is 22.8 Å². The van der Waals surface area contributed by atoms with Crippen LogP contribution in [0.4, 0.5) is 5.69 Å². The van der Waals surface area contributed by atoms with Crippen LogP contribution < -0.4 is 19.5 Å². The molecule has 2 aromatic carbocycles. The van der Waals surface area contributed by atoms with Crippen LogP contribution in [0.5, 0.6) is 17.2 Å². The van der Waals surface area contributed by atoms with Gasteiger partial charge < -0.3 is 24.3 Å². The zero-order valence-corrected chi connectivity index (χ0v) is 18.7. The minimum absolute atomic E-state index is 0.0681. The summed E-state index contributed by atoms with van der Waals surface area (Å²) >= 11 is 1.16. The van der Waals surface area contributed by atoms with E-state index in [4.69, 9.17) is 18.9 Å². The van der Waals surface area contributed by atoms with E-state index in [1.807, 2.05) is 31.2 Å². The first kappa shape index (κ1) is 22.5. The topological polar surface area (TPSA) is 96.0 Å². The number of aromatic nitrogens is 1. The summed E-state index contributed by atoms with van der Waals surface area (Å²) in [4.78, 5) is 29.4. The van der Waals surface area contributed by atoms with E-state index in [1.165, 1.54) is 0 Å². The van der Waals surface area contributed by atoms with Crippen LogP contribution >= 0.6 is 11.8 Å². The van der Waals surface area contributed by atoms with Crippen LogP contribution in [-0.2, 0) is 16.1 Å². The Labute approximate surface area is 195 Å². The second-order valence-electron chi connectivity index (χ2n) is 6.88. The third-order valence-electron chi connectivity index (χ3n) is 4.62. The third kappa shape index (κ3) is 5.75. The number of para-hydroxylation sites is 1. The molecule has 9 heteroatoms. The summed E-state index contributed by atoms with van der Waals surface area (Å²) < 4.78 is 21.6. The molecule has 4 rings (SSSR count). The second-order valence-corrected chi connectivity index (χ2v) is 7.84. The number of anilines is 1. The largest absolute Gasteiger partial charge is 0.493 e. The van der Waals surface area contributed by atoms with Crippen molar-refractivity contribution in [3.8, 4) is 17.2 Å². The molecule has 2 heterocycles. The van der Waals surface area contributed by atoms with Gasteiger partial charge in [-0.15, -0.1) is 0 Å². The van der Waals surface area contributed by atoms with E-state index >= 15 is 0 Å². The summed E-state index contributed by atoms with van der Waals surface area (Å²) in [5, 5.41) is 3.22. The molecule has 33 heavy (non-hydrogen) atoms. The second kappa shape index (κ2) is 10.7. The van der Waals surface area contributed by atoms with Crippen LogP contribution in [0.2, 0.25) is 0 Å². The van der Waals surface area contributed by atoms with Crippen molar-refractivity contribution in [3.05, 3.63) is 71.9 Å². The number of esters is 1. The fourth-order valence-electron chi connectivity index (χ4n) is 3.11. The molecule has 0 saturated heterocycles. The van der Waals surface area contributed by atoms with Crippen LogP contribution in [0.3, 0.4) is 0 Å². The first-order valence-corrected chi connectivity index (χ1v) is 11.3. The van der Waals surface area contributed by atoms with Crippen molar-refractivity contribution < 1.29 is 28.5 Å². The van der Waals surface area contributed by atoms with E-state index in [0.717, 1.165) is 17.3 Å². The standard InChI is InChI=1S/C24H22N2O6S/c1-2-29-19-8-4-3-6-16(19)13-30-24(28)18-7-5-11-25-23(18)33-14-22(27)26-17-9-10-20-21(12-17)32-15-31-20/h3-12H,2,13-15H2,1H3,(H,26,27). The number of ether oxygens (including phenoxy) is 4. The number of amides is 1. The van der Waals surface area contributed by atoms with Gasteiger partial charge in [-0.25, -0.2) is 9.78 Å². The molecule has 0 radical (unpaired) electrons. The molecule has 1 aromatic heterocycles. The minimum Gasteiger partial charge on any atom is -0.493 e. The van der Waals surface area contributed by atoms with Crippen molar-refractivity contribution in [1.29, 1.82) is 0 Å². The number of hydrogen-bond acceptors (Lipinski definition) is 8. The Morgan fingerprint density at radius 3 is 2.82 bits per heavy atom. The molecule has 1 aliphatic heterocycles. The summed E-state index contributed by atoms with van der Waals surface area (Å²) in [6.07, 6.45) is 1.57. The molecule has 0 fully saturated rings. The van der Waals surface area contributed by atoms with Gasteiger partial charge in [0.25, 0.3) is 0 Å². The van der Waals surface area contributed by atoms with Crippen molar-refractivity contribution in [1.82, 2.24) is 4.98 Å². The maximum atomic E-state index is 12.7. The van der Waals surface area contributed by atoms with Gasteiger partial charge >= 0.3 is 5.97 Å². The van der Waals surface area contributed by atoms with Crippen LogP contribution in [-0.4, -0.2) is 36.0 Å². The molecule has 1 aliphatic rings. The van der Waals surface area contributed by atoms with Gasteiger partial charge in [-0.1, -0.05) is 30.0 Å². The van der Waals surface area contributed by atoms with Crippen molar-refractivity contribution in [2.75, 3.05) is 24.5 Å². The smallest absolute Gasteiger partial charge is 0.341 e. The van der Waals surface area contributed by atoms with Gasteiger partial charge in [0.15, 0.2) is 11.5 Å². The van der Waals surface area contributed by atoms with Gasteiger partial charge in [-0.2, -0.15) is 0 Å². The van der Waals surface area contributed by atoms with Gasteiger partial charge in [0, 0.05) is 23.5 Å². The SMILES string of the molecule is CCOc1ccccc1COC(=O)c1cccnc1SCC(=O)Nc1ccc2c(c1)OCO2. The molecule has 8 nitrogen and oxygen atoms in total. The van der Waals surface area contributed by atoms with E-state index in [1.54, 1.807) is 36.5 Å². The van der Waals surface area contributed by atoms with Gasteiger partial charge in [0.1, 0.15) is 17.4 Å². The quantitative estimate of drug-likeness (QED) is 0.368. The van der Waals surface area contributed by atoms with Crippen molar-refractivity contribution in [2.45, 2.75) is 18.6 Å². The van der Waals surface area contributed by atoms with Gasteiger partial charge in [-0.05, 0) is 37.3 Å². The number of hydrogen-bond donors (Lipinski definition) is 1. The minimum atomic E-state index is -0.520. The highest BCUT2D eigenvalue weighted by atomic mass is 32.2. The van der Waals surface area contributed by atoms with Crippen LogP contribution in [0.25, 0.3) is 0 Å². The summed E-state index contributed by atoms with van der Waals surface area (Å²) in [7, 11) is 0. The van der Waals surface area contributed by atoms with Crippen molar-refractivity contribution in [2.24, 2.45) is 0 Å². The fourth-order valence-corrected chi connectivity index (χ4v) is 3.89. The Morgan fingerprint density at radius 2 is 1.94 bits per heavy atom. The van der Waals surface area contributed by atoms with Gasteiger partial charge in [0.2, 0.25) is 12.7 Å². The number of rotatable bonds is 9. The average molecular weight is 467 g/mol. The third-order valence-corrected chi connectivity index (χ3v) is 5.62. The van der Waals surface area contributed by atoms with Crippen molar-refractivity contribution >= 4 is 29.3 Å². The first-order chi connectivity index (χ1) is 16.1. The highest BCUT2D eigenvalue weighted by Gasteiger charge is 2.18. The normalized spacial score (nSPS) is 11.7. The van der Waals surface area contributed by atoms with Gasteiger partial charge in [-0.3, -0.25) is 4.79 Å². The molecule has 0 atom stereocenters. The lowest BCUT2D eigenvalue weighted by molar-refractivity contribution is -0.113. The average Bonchev–Trinajstić information content (AvgIpc) is 3.30. The van der Waals surface area contributed by atoms with E-state index in [2.05, 4.69) is 10.3 Å². The van der Waals surface area contributed by atoms with Crippen LogP contribution in [0, 0.1) is 0 Å². The zero-order chi connectivity index (χ0) is 23.0. The molecular formula is C24H22N2O6S. The zero-order valence-electron chi connectivity index (χ0n) is 17.9. The van der Waals surface area contributed by atoms with E-state index < -0.39 is 5.97 Å². The number of nitrogens with zero attached hydrogens (tertiary/aromatic N) is 1. The summed E-state index contributed by atoms with van der Waals surface area (Å²) in [5.41, 5.74) is 1.67. The Kier molecular flexibility index (Phi) is 7.31. The first-order valence-electron chi connectivity index (χ1n) is 10.3. The molecule has 1 N–H and O–H groups in total. The number of nitrogens with one attached hydrogen (secondary N) is 1. The Hall–Kier alpha value is -3.72. The molecule has 0 unspecified atom stereocenters. The monoisotopic (exact) mass is 466 g/mol. The molecule has 3 aromatic rings. The number of fused-ring (bicyclic) bond motifs is 1. The Bertz CT molecular complexity index is 1150. The predicted octanol–water partition coefficient (Wildman–Crippen LogP) is 4.30. The van der Waals surface area contributed by atoms with E-state index in [0.29, 0.717) is 40.1 Å². The fraction of sp³-hybridized carbons (Fsp3) is 0.208. The highest BCUT2D eigenvalue weighted by Crippen LogP contribution is 2.34. The Balaban J connectivity index is 1.35. The molecule has 0 aliphatic carbocycles. The number of carbonyl (C=O) groups is 2. The van der Waals surface area contributed by atoms with E-state index in [-0.39, 0.29) is 25.1 Å². The van der Waals surface area contributed by atoms with Gasteiger partial charge in [0.05, 0.1) is 17.9 Å². The number of benzene rings is 2. The Morgan fingerprint density at radius 1 is 1.09 bits per heavy atom. The lowest BCUT2D eigenvalue weighted by Gasteiger charge is -2.12. The molecule has 0 saturated carbocycles. The highest BCUT2D eigenvalue weighted by molar-refractivity contribution is 8.00. The lowest BCUT2D eigenvalue weighted by Crippen LogP contribution is -2.15. The summed E-state index contributed by atoms with van der Waals surface area (Å²) in [6.45, 7) is 2.64. The van der Waals surface area contributed by atoms with Crippen LogP contribution in [0.15, 0.2) is 65.8 Å².